The molecule has 1 aromatic carbocycles. The molecule has 2 N–H and O–H groups in total. The third-order valence-corrected chi connectivity index (χ3v) is 3.87. The van der Waals surface area contributed by atoms with Crippen molar-refractivity contribution in [3.8, 4) is 5.75 Å². The van der Waals surface area contributed by atoms with Crippen LogP contribution >= 0.6 is 0 Å². The quantitative estimate of drug-likeness (QED) is 0.887. The van der Waals surface area contributed by atoms with Gasteiger partial charge in [0.25, 0.3) is 0 Å². The van der Waals surface area contributed by atoms with E-state index in [1.165, 1.54) is 0 Å². The van der Waals surface area contributed by atoms with E-state index in [1.54, 1.807) is 7.11 Å². The van der Waals surface area contributed by atoms with Crippen LogP contribution in [0.2, 0.25) is 0 Å². The molecule has 0 spiro atoms. The molecule has 1 aliphatic rings. The maximum atomic E-state index is 6.49. The van der Waals surface area contributed by atoms with Gasteiger partial charge in [0.05, 0.1) is 18.2 Å². The van der Waals surface area contributed by atoms with Crippen molar-refractivity contribution in [3.63, 3.8) is 0 Å². The zero-order chi connectivity index (χ0) is 13.7. The molecule has 0 amide bonds. The van der Waals surface area contributed by atoms with Crippen LogP contribution in [0.4, 0.5) is 0 Å². The van der Waals surface area contributed by atoms with E-state index in [0.717, 1.165) is 24.2 Å². The molecule has 1 atom stereocenters. The lowest BCUT2D eigenvalue weighted by atomic mass is 9.82. The second-order valence-electron chi connectivity index (χ2n) is 4.83. The van der Waals surface area contributed by atoms with E-state index in [2.05, 4.69) is 0 Å². The molecular formula is C15H23NO3. The monoisotopic (exact) mass is 265 g/mol. The third-order valence-electron chi connectivity index (χ3n) is 3.87. The Bertz CT molecular complexity index is 402. The van der Waals surface area contributed by atoms with Crippen molar-refractivity contribution in [1.29, 1.82) is 0 Å². The van der Waals surface area contributed by atoms with Crippen LogP contribution in [-0.4, -0.2) is 32.5 Å². The number of nitrogens with two attached hydrogens (primary N) is 1. The van der Waals surface area contributed by atoms with Crippen LogP contribution in [0, 0.1) is 0 Å². The zero-order valence-corrected chi connectivity index (χ0v) is 11.7. The lowest BCUT2D eigenvalue weighted by Crippen LogP contribution is -2.47. The van der Waals surface area contributed by atoms with Gasteiger partial charge in [0, 0.05) is 38.7 Å². The molecule has 1 aliphatic heterocycles. The summed E-state index contributed by atoms with van der Waals surface area (Å²) in [4.78, 5) is 0. The summed E-state index contributed by atoms with van der Waals surface area (Å²) in [5, 5.41) is 0. The summed E-state index contributed by atoms with van der Waals surface area (Å²) in [7, 11) is 1.73. The number of benzene rings is 1. The Labute approximate surface area is 114 Å². The zero-order valence-electron chi connectivity index (χ0n) is 11.7. The molecule has 0 aliphatic carbocycles. The van der Waals surface area contributed by atoms with E-state index in [9.17, 15) is 0 Å². The lowest BCUT2D eigenvalue weighted by molar-refractivity contribution is -0.105. The van der Waals surface area contributed by atoms with E-state index in [4.69, 9.17) is 19.9 Å². The van der Waals surface area contributed by atoms with E-state index < -0.39 is 0 Å². The van der Waals surface area contributed by atoms with Gasteiger partial charge in [0.15, 0.2) is 0 Å². The number of para-hydroxylation sites is 1. The summed E-state index contributed by atoms with van der Waals surface area (Å²) < 4.78 is 16.9. The van der Waals surface area contributed by atoms with Gasteiger partial charge in [-0.2, -0.15) is 0 Å². The fourth-order valence-corrected chi connectivity index (χ4v) is 2.67. The van der Waals surface area contributed by atoms with Gasteiger partial charge in [-0.1, -0.05) is 18.2 Å². The molecular weight excluding hydrogens is 242 g/mol. The first-order valence-corrected chi connectivity index (χ1v) is 6.83. The largest absolute Gasteiger partial charge is 0.494 e. The van der Waals surface area contributed by atoms with Gasteiger partial charge in [0.1, 0.15) is 5.75 Å². The van der Waals surface area contributed by atoms with Crippen molar-refractivity contribution in [2.75, 3.05) is 26.9 Å². The van der Waals surface area contributed by atoms with Gasteiger partial charge in [0.2, 0.25) is 0 Å². The molecule has 1 fully saturated rings. The van der Waals surface area contributed by atoms with Gasteiger partial charge in [-0.15, -0.1) is 0 Å². The fourth-order valence-electron chi connectivity index (χ4n) is 2.67. The summed E-state index contributed by atoms with van der Waals surface area (Å²) in [6.45, 7) is 3.99. The topological polar surface area (TPSA) is 53.7 Å². The standard InChI is InChI=1S/C15H23NO3/c1-3-19-13-7-5-4-6-12(13)14(16)15(17-2)8-10-18-11-9-15/h4-7,14H,3,8-11,16H2,1-2H3. The van der Waals surface area contributed by atoms with Crippen LogP contribution in [0.5, 0.6) is 5.75 Å². The first kappa shape index (κ1) is 14.3. The maximum absolute atomic E-state index is 6.49. The number of hydrogen-bond donors (Lipinski definition) is 1. The summed E-state index contributed by atoms with van der Waals surface area (Å²) in [5.41, 5.74) is 7.14. The molecule has 0 saturated carbocycles. The molecule has 0 radical (unpaired) electrons. The Morgan fingerprint density at radius 2 is 2.00 bits per heavy atom. The highest BCUT2D eigenvalue weighted by Crippen LogP contribution is 2.38. The molecule has 0 aromatic heterocycles. The van der Waals surface area contributed by atoms with Crippen molar-refractivity contribution in [2.45, 2.75) is 31.4 Å². The normalized spacial score (nSPS) is 19.9. The van der Waals surface area contributed by atoms with Gasteiger partial charge in [-0.3, -0.25) is 0 Å². The van der Waals surface area contributed by atoms with Crippen LogP contribution < -0.4 is 10.5 Å². The third kappa shape index (κ3) is 2.91. The Kier molecular flexibility index (Phi) is 4.80. The van der Waals surface area contributed by atoms with Crippen LogP contribution in [0.25, 0.3) is 0 Å². The van der Waals surface area contributed by atoms with Crippen molar-refractivity contribution in [1.82, 2.24) is 0 Å². The Morgan fingerprint density at radius 1 is 1.32 bits per heavy atom. The fraction of sp³-hybridized carbons (Fsp3) is 0.600. The summed E-state index contributed by atoms with van der Waals surface area (Å²) in [6, 6.07) is 7.72. The van der Waals surface area contributed by atoms with Crippen molar-refractivity contribution < 1.29 is 14.2 Å². The average molecular weight is 265 g/mol. The highest BCUT2D eigenvalue weighted by atomic mass is 16.5. The molecule has 0 bridgehead atoms. The van der Waals surface area contributed by atoms with Crippen LogP contribution in [0.15, 0.2) is 24.3 Å². The molecule has 4 nitrogen and oxygen atoms in total. The molecule has 1 aromatic rings. The second kappa shape index (κ2) is 6.37. The highest BCUT2D eigenvalue weighted by molar-refractivity contribution is 5.37. The summed E-state index contributed by atoms with van der Waals surface area (Å²) in [6.07, 6.45) is 1.62. The van der Waals surface area contributed by atoms with Crippen molar-refractivity contribution in [2.24, 2.45) is 5.73 Å². The smallest absolute Gasteiger partial charge is 0.124 e. The Hall–Kier alpha value is -1.10. The molecule has 19 heavy (non-hydrogen) atoms. The predicted molar refractivity (Wildman–Crippen MR) is 74.3 cm³/mol. The SMILES string of the molecule is CCOc1ccccc1C(N)C1(OC)CCOCC1. The Morgan fingerprint density at radius 3 is 2.63 bits per heavy atom. The number of ether oxygens (including phenoxy) is 3. The first-order chi connectivity index (χ1) is 9.23. The second-order valence-corrected chi connectivity index (χ2v) is 4.83. The van der Waals surface area contributed by atoms with E-state index in [1.807, 2.05) is 31.2 Å². The van der Waals surface area contributed by atoms with E-state index in [-0.39, 0.29) is 11.6 Å². The summed E-state index contributed by atoms with van der Waals surface area (Å²) >= 11 is 0. The van der Waals surface area contributed by atoms with Gasteiger partial charge in [-0.25, -0.2) is 0 Å². The minimum Gasteiger partial charge on any atom is -0.494 e. The molecule has 1 saturated heterocycles. The van der Waals surface area contributed by atoms with Gasteiger partial charge < -0.3 is 19.9 Å². The lowest BCUT2D eigenvalue weighted by Gasteiger charge is -2.41. The highest BCUT2D eigenvalue weighted by Gasteiger charge is 2.40. The molecule has 4 heteroatoms. The minimum absolute atomic E-state index is 0.204. The summed E-state index contributed by atoms with van der Waals surface area (Å²) in [5.74, 6) is 0.848. The molecule has 2 rings (SSSR count). The van der Waals surface area contributed by atoms with Crippen LogP contribution in [0.1, 0.15) is 31.4 Å². The van der Waals surface area contributed by atoms with Crippen molar-refractivity contribution >= 4 is 0 Å². The van der Waals surface area contributed by atoms with E-state index in [0.29, 0.717) is 19.8 Å². The predicted octanol–water partition coefficient (Wildman–Crippen LogP) is 2.28. The number of rotatable bonds is 5. The number of methoxy groups -OCH3 is 1. The average Bonchev–Trinajstić information content (AvgIpc) is 2.48. The minimum atomic E-state index is -0.356. The number of hydrogen-bond acceptors (Lipinski definition) is 4. The van der Waals surface area contributed by atoms with Crippen LogP contribution in [0.3, 0.4) is 0 Å². The van der Waals surface area contributed by atoms with Crippen LogP contribution in [-0.2, 0) is 9.47 Å². The molecule has 1 unspecified atom stereocenters. The maximum Gasteiger partial charge on any atom is 0.124 e. The molecule has 1 heterocycles. The van der Waals surface area contributed by atoms with E-state index >= 15 is 0 Å². The first-order valence-electron chi connectivity index (χ1n) is 6.83. The Balaban J connectivity index is 2.28. The van der Waals surface area contributed by atoms with Gasteiger partial charge >= 0.3 is 0 Å². The molecule has 106 valence electrons. The van der Waals surface area contributed by atoms with Gasteiger partial charge in [-0.05, 0) is 13.0 Å². The van der Waals surface area contributed by atoms with Crippen molar-refractivity contribution in [3.05, 3.63) is 29.8 Å².